The Morgan fingerprint density at radius 1 is 1.08 bits per heavy atom. The molecule has 1 rings (SSSR count). The Labute approximate surface area is 79.4 Å². The van der Waals surface area contributed by atoms with Crippen molar-refractivity contribution in [3.05, 3.63) is 35.4 Å². The zero-order valence-corrected chi connectivity index (χ0v) is 9.03. The lowest BCUT2D eigenvalue weighted by atomic mass is 10.0. The molecule has 12 heavy (non-hydrogen) atoms. The van der Waals surface area contributed by atoms with E-state index in [-0.39, 0.29) is 4.75 Å². The van der Waals surface area contributed by atoms with Gasteiger partial charge in [-0.05, 0) is 32.6 Å². The second-order valence-electron chi connectivity index (χ2n) is 3.58. The molecule has 0 nitrogen and oxygen atoms in total. The number of hydrogen-bond acceptors (Lipinski definition) is 1. The molecule has 1 aromatic rings. The van der Waals surface area contributed by atoms with Gasteiger partial charge >= 0.3 is 0 Å². The predicted octanol–water partition coefficient (Wildman–Crippen LogP) is 3.59. The number of benzene rings is 1. The summed E-state index contributed by atoms with van der Waals surface area (Å²) in [6.45, 7) is 6.63. The van der Waals surface area contributed by atoms with E-state index in [1.165, 1.54) is 11.1 Å². The molecule has 0 radical (unpaired) electrons. The van der Waals surface area contributed by atoms with Crippen molar-refractivity contribution in [2.45, 2.75) is 25.5 Å². The summed E-state index contributed by atoms with van der Waals surface area (Å²) < 4.78 is 0.244. The third-order valence-corrected chi connectivity index (χ3v) is 3.51. The van der Waals surface area contributed by atoms with Gasteiger partial charge in [-0.2, -0.15) is 11.8 Å². The van der Waals surface area contributed by atoms with Gasteiger partial charge in [0.05, 0.1) is 0 Å². The molecule has 0 fully saturated rings. The molecule has 0 heterocycles. The SMILES string of the molecule is CSC(C)(C)c1ccc(C)cc1. The third kappa shape index (κ3) is 2.04. The smallest absolute Gasteiger partial charge is 0.0349 e. The van der Waals surface area contributed by atoms with Crippen LogP contribution in [0.25, 0.3) is 0 Å². The molecule has 0 atom stereocenters. The number of hydrogen-bond donors (Lipinski definition) is 0. The molecular weight excluding hydrogens is 164 g/mol. The van der Waals surface area contributed by atoms with Gasteiger partial charge in [-0.3, -0.25) is 0 Å². The van der Waals surface area contributed by atoms with Crippen LogP contribution < -0.4 is 0 Å². The molecule has 0 amide bonds. The average molecular weight is 180 g/mol. The first-order valence-electron chi connectivity index (χ1n) is 4.18. The highest BCUT2D eigenvalue weighted by Gasteiger charge is 2.17. The fourth-order valence-corrected chi connectivity index (χ4v) is 1.44. The Hall–Kier alpha value is -0.430. The van der Waals surface area contributed by atoms with E-state index in [4.69, 9.17) is 0 Å². The Morgan fingerprint density at radius 2 is 1.58 bits per heavy atom. The van der Waals surface area contributed by atoms with Crippen molar-refractivity contribution in [3.8, 4) is 0 Å². The highest BCUT2D eigenvalue weighted by atomic mass is 32.2. The van der Waals surface area contributed by atoms with Crippen LogP contribution in [-0.2, 0) is 4.75 Å². The molecular formula is C11H16S. The highest BCUT2D eigenvalue weighted by molar-refractivity contribution is 7.99. The first-order chi connectivity index (χ1) is 5.56. The van der Waals surface area contributed by atoms with Crippen molar-refractivity contribution in [1.29, 1.82) is 0 Å². The van der Waals surface area contributed by atoms with Crippen LogP contribution in [0.4, 0.5) is 0 Å². The summed E-state index contributed by atoms with van der Waals surface area (Å²) in [7, 11) is 0. The fraction of sp³-hybridized carbons (Fsp3) is 0.455. The third-order valence-electron chi connectivity index (χ3n) is 2.26. The molecule has 0 N–H and O–H groups in total. The molecule has 0 unspecified atom stereocenters. The molecule has 1 aromatic carbocycles. The van der Waals surface area contributed by atoms with Crippen molar-refractivity contribution in [1.82, 2.24) is 0 Å². The molecule has 0 aliphatic heterocycles. The van der Waals surface area contributed by atoms with E-state index in [9.17, 15) is 0 Å². The first-order valence-corrected chi connectivity index (χ1v) is 5.41. The Morgan fingerprint density at radius 3 is 2.00 bits per heavy atom. The molecule has 0 aromatic heterocycles. The second kappa shape index (κ2) is 3.53. The Balaban J connectivity index is 2.96. The molecule has 0 spiro atoms. The maximum Gasteiger partial charge on any atom is 0.0349 e. The van der Waals surface area contributed by atoms with E-state index in [0.29, 0.717) is 0 Å². The minimum Gasteiger partial charge on any atom is -0.154 e. The van der Waals surface area contributed by atoms with Crippen LogP contribution in [0, 0.1) is 6.92 Å². The predicted molar refractivity (Wildman–Crippen MR) is 57.7 cm³/mol. The number of aryl methyl sites for hydroxylation is 1. The van der Waals surface area contributed by atoms with Crippen molar-refractivity contribution in [2.75, 3.05) is 6.26 Å². The van der Waals surface area contributed by atoms with E-state index >= 15 is 0 Å². The van der Waals surface area contributed by atoms with Crippen molar-refractivity contribution < 1.29 is 0 Å². The molecule has 1 heteroatoms. The molecule has 0 aliphatic rings. The van der Waals surface area contributed by atoms with Gasteiger partial charge in [0.1, 0.15) is 0 Å². The second-order valence-corrected chi connectivity index (χ2v) is 5.01. The van der Waals surface area contributed by atoms with Crippen molar-refractivity contribution in [3.63, 3.8) is 0 Å². The summed E-state index contributed by atoms with van der Waals surface area (Å²) >= 11 is 1.89. The molecule has 0 saturated carbocycles. The molecule has 0 aliphatic carbocycles. The van der Waals surface area contributed by atoms with Crippen LogP contribution in [-0.4, -0.2) is 6.26 Å². The molecule has 66 valence electrons. The van der Waals surface area contributed by atoms with Gasteiger partial charge in [0.15, 0.2) is 0 Å². The van der Waals surface area contributed by atoms with Gasteiger partial charge in [-0.15, -0.1) is 0 Å². The topological polar surface area (TPSA) is 0 Å². The quantitative estimate of drug-likeness (QED) is 0.670. The lowest BCUT2D eigenvalue weighted by molar-refractivity contribution is 0.785. The Kier molecular flexibility index (Phi) is 2.84. The summed E-state index contributed by atoms with van der Waals surface area (Å²) in [5, 5.41) is 0. The van der Waals surface area contributed by atoms with Crippen molar-refractivity contribution in [2.24, 2.45) is 0 Å². The van der Waals surface area contributed by atoms with Gasteiger partial charge in [0.25, 0.3) is 0 Å². The fourth-order valence-electron chi connectivity index (χ4n) is 1.07. The zero-order valence-electron chi connectivity index (χ0n) is 8.22. The van der Waals surface area contributed by atoms with E-state index in [2.05, 4.69) is 51.3 Å². The van der Waals surface area contributed by atoms with Crippen molar-refractivity contribution >= 4 is 11.8 Å². The summed E-state index contributed by atoms with van der Waals surface area (Å²) in [6, 6.07) is 8.78. The lowest BCUT2D eigenvalue weighted by Crippen LogP contribution is -2.10. The van der Waals surface area contributed by atoms with E-state index < -0.39 is 0 Å². The van der Waals surface area contributed by atoms with E-state index in [1.54, 1.807) is 0 Å². The van der Waals surface area contributed by atoms with Crippen LogP contribution in [0.1, 0.15) is 25.0 Å². The van der Waals surface area contributed by atoms with Gasteiger partial charge in [-0.25, -0.2) is 0 Å². The summed E-state index contributed by atoms with van der Waals surface area (Å²) in [5.74, 6) is 0. The van der Waals surface area contributed by atoms with Crippen LogP contribution in [0.5, 0.6) is 0 Å². The van der Waals surface area contributed by atoms with Crippen LogP contribution in [0.3, 0.4) is 0 Å². The van der Waals surface area contributed by atoms with Gasteiger partial charge in [-0.1, -0.05) is 29.8 Å². The van der Waals surface area contributed by atoms with Gasteiger partial charge in [0.2, 0.25) is 0 Å². The maximum absolute atomic E-state index is 2.25. The zero-order chi connectivity index (χ0) is 9.19. The lowest BCUT2D eigenvalue weighted by Gasteiger charge is -2.22. The van der Waals surface area contributed by atoms with Crippen LogP contribution in [0.2, 0.25) is 0 Å². The monoisotopic (exact) mass is 180 g/mol. The maximum atomic E-state index is 2.25. The van der Waals surface area contributed by atoms with Gasteiger partial charge in [0, 0.05) is 4.75 Å². The normalized spacial score (nSPS) is 11.7. The molecule has 0 bridgehead atoms. The number of thioether (sulfide) groups is 1. The van der Waals surface area contributed by atoms with Gasteiger partial charge < -0.3 is 0 Å². The standard InChI is InChI=1S/C11H16S/c1-9-5-7-10(8-6-9)11(2,3)12-4/h5-8H,1-4H3. The summed E-state index contributed by atoms with van der Waals surface area (Å²) in [4.78, 5) is 0. The minimum absolute atomic E-state index is 0.244. The van der Waals surface area contributed by atoms with Crippen LogP contribution in [0.15, 0.2) is 24.3 Å². The molecule has 0 saturated heterocycles. The number of rotatable bonds is 2. The van der Waals surface area contributed by atoms with E-state index in [0.717, 1.165) is 0 Å². The van der Waals surface area contributed by atoms with Crippen LogP contribution >= 0.6 is 11.8 Å². The Bertz CT molecular complexity index is 246. The highest BCUT2D eigenvalue weighted by Crippen LogP contribution is 2.33. The summed E-state index contributed by atoms with van der Waals surface area (Å²) in [5.41, 5.74) is 2.73. The van der Waals surface area contributed by atoms with E-state index in [1.807, 2.05) is 11.8 Å². The average Bonchev–Trinajstić information content (AvgIpc) is 2.05. The largest absolute Gasteiger partial charge is 0.154 e. The minimum atomic E-state index is 0.244. The summed E-state index contributed by atoms with van der Waals surface area (Å²) in [6.07, 6.45) is 2.15. The first kappa shape index (κ1) is 9.66.